The molecule has 0 bridgehead atoms. The van der Waals surface area contributed by atoms with E-state index < -0.39 is 42.3 Å². The molecule has 0 saturated carbocycles. The number of nitrogens with zero attached hydrogens (tertiary/aromatic N) is 5. The van der Waals surface area contributed by atoms with Crippen LogP contribution in [0.2, 0.25) is 0 Å². The largest absolute Gasteiger partial charge is 0.417 e. The summed E-state index contributed by atoms with van der Waals surface area (Å²) in [4.78, 5) is 4.45. The van der Waals surface area contributed by atoms with E-state index in [2.05, 4.69) is 15.3 Å². The van der Waals surface area contributed by atoms with Crippen LogP contribution in [-0.2, 0) is 12.7 Å². The van der Waals surface area contributed by atoms with E-state index in [0.29, 0.717) is 11.0 Å². The average molecular weight is 417 g/mol. The molecule has 0 unspecified atom stereocenters. The number of hydrogen-bond acceptors (Lipinski definition) is 7. The van der Waals surface area contributed by atoms with Crippen molar-refractivity contribution in [2.45, 2.75) is 18.9 Å². The molecule has 7 nitrogen and oxygen atoms in total. The molecule has 0 spiro atoms. The smallest absolute Gasteiger partial charge is 0.355 e. The molecule has 1 aromatic carbocycles. The summed E-state index contributed by atoms with van der Waals surface area (Å²) in [5, 5.41) is 15.8. The molecule has 0 aliphatic heterocycles. The topological polar surface area (TPSA) is 92.0 Å². The van der Waals surface area contributed by atoms with Crippen LogP contribution in [0, 0.1) is 11.3 Å². The maximum absolute atomic E-state index is 13.2. The van der Waals surface area contributed by atoms with Crippen molar-refractivity contribution in [2.75, 3.05) is 11.4 Å². The molecule has 2 heterocycles. The van der Waals surface area contributed by atoms with E-state index in [-0.39, 0.29) is 17.5 Å². The van der Waals surface area contributed by atoms with Gasteiger partial charge in [0, 0.05) is 11.8 Å². The molecular formula is C16H9F6N5O2. The number of anilines is 1. The quantitative estimate of drug-likeness (QED) is 0.575. The van der Waals surface area contributed by atoms with Crippen LogP contribution in [0.5, 0.6) is 0 Å². The molecule has 3 rings (SSSR count). The Bertz CT molecular complexity index is 1020. The lowest BCUT2D eigenvalue weighted by Gasteiger charge is -2.25. The number of benzene rings is 1. The zero-order valence-corrected chi connectivity index (χ0v) is 14.1. The van der Waals surface area contributed by atoms with E-state index in [1.807, 2.05) is 0 Å². The maximum atomic E-state index is 13.2. The number of alkyl halides is 6. The predicted octanol–water partition coefficient (Wildman–Crippen LogP) is 4.18. The van der Waals surface area contributed by atoms with E-state index in [1.54, 1.807) is 0 Å². The fourth-order valence-corrected chi connectivity index (χ4v) is 2.43. The SMILES string of the molecule is N#Cc1ccc(N(Cc2noc(-c3ccno3)n2)CC(F)(F)F)cc1C(F)(F)F. The monoisotopic (exact) mass is 417 g/mol. The van der Waals surface area contributed by atoms with E-state index in [1.165, 1.54) is 18.3 Å². The molecule has 0 amide bonds. The van der Waals surface area contributed by atoms with Gasteiger partial charge in [-0.3, -0.25) is 0 Å². The first kappa shape index (κ1) is 20.2. The van der Waals surface area contributed by atoms with Crippen molar-refractivity contribution in [1.82, 2.24) is 15.3 Å². The Balaban J connectivity index is 1.95. The van der Waals surface area contributed by atoms with Gasteiger partial charge in [-0.1, -0.05) is 10.3 Å². The summed E-state index contributed by atoms with van der Waals surface area (Å²) in [6, 6.07) is 5.00. The van der Waals surface area contributed by atoms with Gasteiger partial charge >= 0.3 is 12.4 Å². The van der Waals surface area contributed by atoms with Gasteiger partial charge in [-0.25, -0.2) is 0 Å². The highest BCUT2D eigenvalue weighted by molar-refractivity contribution is 5.55. The summed E-state index contributed by atoms with van der Waals surface area (Å²) in [6.45, 7) is -2.19. The Morgan fingerprint density at radius 2 is 1.83 bits per heavy atom. The molecule has 3 aromatic rings. The zero-order chi connectivity index (χ0) is 21.2. The van der Waals surface area contributed by atoms with E-state index >= 15 is 0 Å². The average Bonchev–Trinajstić information content (AvgIpc) is 3.30. The second-order valence-electron chi connectivity index (χ2n) is 5.70. The third kappa shape index (κ3) is 4.84. The van der Waals surface area contributed by atoms with Gasteiger partial charge in [0.25, 0.3) is 5.89 Å². The van der Waals surface area contributed by atoms with Crippen LogP contribution in [0.25, 0.3) is 11.7 Å². The van der Waals surface area contributed by atoms with Crippen molar-refractivity contribution >= 4 is 5.69 Å². The first-order chi connectivity index (χ1) is 13.6. The summed E-state index contributed by atoms with van der Waals surface area (Å²) < 4.78 is 88.1. The molecular weight excluding hydrogens is 408 g/mol. The van der Waals surface area contributed by atoms with Crippen molar-refractivity contribution < 1.29 is 35.4 Å². The van der Waals surface area contributed by atoms with Gasteiger partial charge in [0.15, 0.2) is 5.82 Å². The molecule has 0 aliphatic carbocycles. The van der Waals surface area contributed by atoms with Gasteiger partial charge in [-0.15, -0.1) is 0 Å². The summed E-state index contributed by atoms with van der Waals surface area (Å²) >= 11 is 0. The van der Waals surface area contributed by atoms with Gasteiger partial charge in [-0.2, -0.15) is 36.6 Å². The van der Waals surface area contributed by atoms with Gasteiger partial charge < -0.3 is 13.9 Å². The molecule has 0 radical (unpaired) electrons. The van der Waals surface area contributed by atoms with Crippen molar-refractivity contribution in [3.8, 4) is 17.7 Å². The molecule has 0 N–H and O–H groups in total. The highest BCUT2D eigenvalue weighted by Crippen LogP contribution is 2.35. The molecule has 152 valence electrons. The van der Waals surface area contributed by atoms with Crippen LogP contribution in [0.1, 0.15) is 17.0 Å². The minimum absolute atomic E-state index is 0.0730. The number of nitriles is 1. The van der Waals surface area contributed by atoms with Gasteiger partial charge in [0.2, 0.25) is 5.76 Å². The predicted molar refractivity (Wildman–Crippen MR) is 83.1 cm³/mol. The molecule has 2 aromatic heterocycles. The number of aromatic nitrogens is 3. The maximum Gasteiger partial charge on any atom is 0.417 e. The minimum Gasteiger partial charge on any atom is -0.355 e. The van der Waals surface area contributed by atoms with Crippen LogP contribution in [0.3, 0.4) is 0 Å². The lowest BCUT2D eigenvalue weighted by atomic mass is 10.1. The fraction of sp³-hybridized carbons (Fsp3) is 0.250. The van der Waals surface area contributed by atoms with Gasteiger partial charge in [-0.05, 0) is 18.2 Å². The third-order valence-electron chi connectivity index (χ3n) is 3.61. The zero-order valence-electron chi connectivity index (χ0n) is 14.1. The molecule has 0 aliphatic rings. The minimum atomic E-state index is -4.92. The van der Waals surface area contributed by atoms with Crippen LogP contribution >= 0.6 is 0 Å². The van der Waals surface area contributed by atoms with Crippen LogP contribution in [0.15, 0.2) is 39.5 Å². The summed E-state index contributed by atoms with van der Waals surface area (Å²) in [7, 11) is 0. The van der Waals surface area contributed by atoms with E-state index in [0.717, 1.165) is 12.1 Å². The third-order valence-corrected chi connectivity index (χ3v) is 3.61. The number of halogens is 6. The highest BCUT2D eigenvalue weighted by Gasteiger charge is 2.36. The Labute approximate surface area is 158 Å². The number of rotatable bonds is 5. The summed E-state index contributed by atoms with van der Waals surface area (Å²) in [5.41, 5.74) is -2.47. The lowest BCUT2D eigenvalue weighted by Crippen LogP contribution is -2.34. The molecule has 0 atom stereocenters. The van der Waals surface area contributed by atoms with E-state index in [4.69, 9.17) is 14.3 Å². The Hall–Kier alpha value is -3.56. The Morgan fingerprint density at radius 3 is 2.41 bits per heavy atom. The number of hydrogen-bond donors (Lipinski definition) is 0. The van der Waals surface area contributed by atoms with Crippen molar-refractivity contribution in [1.29, 1.82) is 5.26 Å². The second kappa shape index (κ2) is 7.46. The fourth-order valence-electron chi connectivity index (χ4n) is 2.43. The van der Waals surface area contributed by atoms with Crippen molar-refractivity contribution in [3.05, 3.63) is 47.4 Å². The Morgan fingerprint density at radius 1 is 1.07 bits per heavy atom. The van der Waals surface area contributed by atoms with Crippen molar-refractivity contribution in [2.24, 2.45) is 0 Å². The first-order valence-corrected chi connectivity index (χ1v) is 7.73. The summed E-state index contributed by atoms with van der Waals surface area (Å²) in [5.74, 6) is -0.303. The Kier molecular flexibility index (Phi) is 5.19. The first-order valence-electron chi connectivity index (χ1n) is 7.73. The molecule has 0 saturated heterocycles. The molecule has 13 heteroatoms. The van der Waals surface area contributed by atoms with Crippen molar-refractivity contribution in [3.63, 3.8) is 0 Å². The van der Waals surface area contributed by atoms with Gasteiger partial charge in [0.1, 0.15) is 6.54 Å². The van der Waals surface area contributed by atoms with Crippen LogP contribution in [-0.4, -0.2) is 28.0 Å². The van der Waals surface area contributed by atoms with Gasteiger partial charge in [0.05, 0.1) is 29.9 Å². The lowest BCUT2D eigenvalue weighted by molar-refractivity contribution is -0.137. The van der Waals surface area contributed by atoms with E-state index in [9.17, 15) is 26.3 Å². The molecule has 29 heavy (non-hydrogen) atoms. The van der Waals surface area contributed by atoms with Crippen LogP contribution in [0.4, 0.5) is 32.0 Å². The standard InChI is InChI=1S/C16H9F6N5O2/c17-15(18,19)8-27(7-13-25-14(29-26-13)12-3-4-24-28-12)10-2-1-9(6-23)11(5-10)16(20,21)22/h1-5H,7-8H2. The highest BCUT2D eigenvalue weighted by atomic mass is 19.4. The summed E-state index contributed by atoms with van der Waals surface area (Å²) in [6.07, 6.45) is -8.37. The normalized spacial score (nSPS) is 12.0. The second-order valence-corrected chi connectivity index (χ2v) is 5.70. The van der Waals surface area contributed by atoms with Crippen LogP contribution < -0.4 is 4.90 Å². The molecule has 0 fully saturated rings.